The molecule has 0 aliphatic carbocycles. The van der Waals surface area contributed by atoms with Gasteiger partial charge in [0, 0.05) is 42.4 Å². The van der Waals surface area contributed by atoms with Gasteiger partial charge in [0.1, 0.15) is 5.01 Å². The summed E-state index contributed by atoms with van der Waals surface area (Å²) in [6.45, 7) is 1.43. The van der Waals surface area contributed by atoms with Crippen LogP contribution in [0, 0.1) is 0 Å². The number of aromatic nitrogens is 2. The monoisotopic (exact) mass is 299 g/mol. The summed E-state index contributed by atoms with van der Waals surface area (Å²) in [5.74, 6) is 0. The number of hydrogen-bond acceptors (Lipinski definition) is 5. The number of hydrogen-bond donors (Lipinski definition) is 1. The molecule has 1 atom stereocenters. The lowest BCUT2D eigenvalue weighted by Crippen LogP contribution is -2.26. The topological polar surface area (TPSA) is 47.0 Å². The number of thiazole rings is 1. The molecule has 21 heavy (non-hydrogen) atoms. The summed E-state index contributed by atoms with van der Waals surface area (Å²) in [5, 5.41) is 7.70. The smallest absolute Gasteiger partial charge is 0.114 e. The molecule has 0 saturated carbocycles. The van der Waals surface area contributed by atoms with Crippen LogP contribution in [0.5, 0.6) is 0 Å². The van der Waals surface area contributed by atoms with Crippen molar-refractivity contribution in [3.05, 3.63) is 58.7 Å². The van der Waals surface area contributed by atoms with E-state index in [0.717, 1.165) is 28.0 Å². The lowest BCUT2D eigenvalue weighted by atomic mass is 10.0. The van der Waals surface area contributed by atoms with E-state index in [0.29, 0.717) is 6.61 Å². The van der Waals surface area contributed by atoms with Gasteiger partial charge in [-0.3, -0.25) is 4.98 Å². The molecule has 2 aromatic heterocycles. The van der Waals surface area contributed by atoms with Crippen molar-refractivity contribution in [2.24, 2.45) is 0 Å². The van der Waals surface area contributed by atoms with E-state index < -0.39 is 0 Å². The maximum atomic E-state index is 5.14. The van der Waals surface area contributed by atoms with E-state index in [1.54, 1.807) is 18.4 Å². The number of nitrogens with one attached hydrogen (secondary N) is 1. The Morgan fingerprint density at radius 1 is 1.19 bits per heavy atom. The van der Waals surface area contributed by atoms with Crippen molar-refractivity contribution >= 4 is 22.2 Å². The molecule has 108 valence electrons. The molecule has 0 radical (unpaired) electrons. The second kappa shape index (κ2) is 6.76. The molecule has 4 nitrogen and oxygen atoms in total. The van der Waals surface area contributed by atoms with Crippen LogP contribution in [-0.4, -0.2) is 30.2 Å². The van der Waals surface area contributed by atoms with Gasteiger partial charge in [0.05, 0.1) is 18.2 Å². The van der Waals surface area contributed by atoms with Crippen molar-refractivity contribution in [1.29, 1.82) is 0 Å². The third kappa shape index (κ3) is 3.10. The predicted octanol–water partition coefficient (Wildman–Crippen LogP) is 3.02. The minimum absolute atomic E-state index is 0.0405. The first-order chi connectivity index (χ1) is 10.4. The van der Waals surface area contributed by atoms with E-state index in [-0.39, 0.29) is 6.04 Å². The van der Waals surface area contributed by atoms with Crippen molar-refractivity contribution < 1.29 is 4.74 Å². The van der Waals surface area contributed by atoms with Gasteiger partial charge in [0.25, 0.3) is 0 Å². The second-order valence-corrected chi connectivity index (χ2v) is 5.60. The number of rotatable bonds is 6. The van der Waals surface area contributed by atoms with Crippen LogP contribution in [0.4, 0.5) is 0 Å². The lowest BCUT2D eigenvalue weighted by molar-refractivity contribution is 0.197. The van der Waals surface area contributed by atoms with Crippen LogP contribution in [0.1, 0.15) is 16.6 Å². The molecule has 0 fully saturated rings. The molecule has 5 heteroatoms. The minimum atomic E-state index is 0.0405. The van der Waals surface area contributed by atoms with Gasteiger partial charge in [-0.15, -0.1) is 11.3 Å². The number of benzene rings is 1. The maximum absolute atomic E-state index is 5.14. The molecular weight excluding hydrogens is 282 g/mol. The molecule has 1 aromatic carbocycles. The second-order valence-electron chi connectivity index (χ2n) is 4.67. The molecule has 0 bridgehead atoms. The van der Waals surface area contributed by atoms with Gasteiger partial charge in [0.2, 0.25) is 0 Å². The minimum Gasteiger partial charge on any atom is -0.383 e. The Morgan fingerprint density at radius 2 is 2.10 bits per heavy atom. The van der Waals surface area contributed by atoms with Crippen molar-refractivity contribution in [2.75, 3.05) is 20.3 Å². The van der Waals surface area contributed by atoms with Gasteiger partial charge in [-0.05, 0) is 6.07 Å². The summed E-state index contributed by atoms with van der Waals surface area (Å²) in [4.78, 5) is 9.01. The fourth-order valence-corrected chi connectivity index (χ4v) is 3.10. The first-order valence-corrected chi connectivity index (χ1v) is 7.73. The molecule has 3 rings (SSSR count). The Labute approximate surface area is 127 Å². The SMILES string of the molecule is COCCNC(c1nccs1)c1cccc2cccnc12. The van der Waals surface area contributed by atoms with Crippen LogP contribution < -0.4 is 5.32 Å². The molecular formula is C16H17N3OS. The predicted molar refractivity (Wildman–Crippen MR) is 85.6 cm³/mol. The number of nitrogens with zero attached hydrogens (tertiary/aromatic N) is 2. The Bertz CT molecular complexity index is 694. The van der Waals surface area contributed by atoms with Crippen molar-refractivity contribution in [3.63, 3.8) is 0 Å². The standard InChI is InChI=1S/C16H17N3OS/c1-20-10-8-18-15(16-19-9-11-21-16)13-6-2-4-12-5-3-7-17-14(12)13/h2-7,9,11,15,18H,8,10H2,1H3. The van der Waals surface area contributed by atoms with Gasteiger partial charge in [-0.1, -0.05) is 24.3 Å². The van der Waals surface area contributed by atoms with Crippen molar-refractivity contribution in [2.45, 2.75) is 6.04 Å². The third-order valence-electron chi connectivity index (χ3n) is 3.33. The van der Waals surface area contributed by atoms with Crippen LogP contribution >= 0.6 is 11.3 Å². The highest BCUT2D eigenvalue weighted by Crippen LogP contribution is 2.28. The quantitative estimate of drug-likeness (QED) is 0.711. The van der Waals surface area contributed by atoms with E-state index in [4.69, 9.17) is 4.74 Å². The molecule has 0 amide bonds. The van der Waals surface area contributed by atoms with E-state index in [1.165, 1.54) is 0 Å². The van der Waals surface area contributed by atoms with Crippen LogP contribution in [0.15, 0.2) is 48.1 Å². The zero-order valence-corrected chi connectivity index (χ0v) is 12.6. The number of para-hydroxylation sites is 1. The van der Waals surface area contributed by atoms with E-state index >= 15 is 0 Å². The first-order valence-electron chi connectivity index (χ1n) is 6.85. The summed E-state index contributed by atoms with van der Waals surface area (Å²) in [6.07, 6.45) is 3.67. The van der Waals surface area contributed by atoms with Crippen LogP contribution in [0.25, 0.3) is 10.9 Å². The highest BCUT2D eigenvalue weighted by Gasteiger charge is 2.18. The van der Waals surface area contributed by atoms with Gasteiger partial charge in [-0.25, -0.2) is 4.98 Å². The first kappa shape index (κ1) is 14.1. The molecule has 0 aliphatic rings. The summed E-state index contributed by atoms with van der Waals surface area (Å²) in [7, 11) is 1.71. The van der Waals surface area contributed by atoms with Gasteiger partial charge >= 0.3 is 0 Å². The third-order valence-corrected chi connectivity index (χ3v) is 4.17. The molecule has 0 aliphatic heterocycles. The Balaban J connectivity index is 2.01. The summed E-state index contributed by atoms with van der Waals surface area (Å²) in [6, 6.07) is 10.3. The summed E-state index contributed by atoms with van der Waals surface area (Å²) < 4.78 is 5.14. The average Bonchev–Trinajstić information content (AvgIpc) is 3.05. The number of pyridine rings is 1. The molecule has 2 heterocycles. The number of ether oxygens (including phenoxy) is 1. The van der Waals surface area contributed by atoms with Crippen molar-refractivity contribution in [3.8, 4) is 0 Å². The molecule has 1 unspecified atom stereocenters. The fourth-order valence-electron chi connectivity index (χ4n) is 2.37. The van der Waals surface area contributed by atoms with E-state index in [2.05, 4.69) is 39.6 Å². The molecule has 0 saturated heterocycles. The largest absolute Gasteiger partial charge is 0.383 e. The van der Waals surface area contributed by atoms with Gasteiger partial charge in [0.15, 0.2) is 0 Å². The summed E-state index contributed by atoms with van der Waals surface area (Å²) in [5.41, 5.74) is 2.17. The summed E-state index contributed by atoms with van der Waals surface area (Å²) >= 11 is 1.65. The molecule has 0 spiro atoms. The van der Waals surface area contributed by atoms with Crippen molar-refractivity contribution in [1.82, 2.24) is 15.3 Å². The van der Waals surface area contributed by atoms with Crippen LogP contribution in [0.2, 0.25) is 0 Å². The average molecular weight is 299 g/mol. The van der Waals surface area contributed by atoms with Gasteiger partial charge in [-0.2, -0.15) is 0 Å². The molecule has 3 aromatic rings. The highest BCUT2D eigenvalue weighted by atomic mass is 32.1. The Kier molecular flexibility index (Phi) is 4.55. The zero-order valence-electron chi connectivity index (χ0n) is 11.8. The Hall–Kier alpha value is -1.82. The fraction of sp³-hybridized carbons (Fsp3) is 0.250. The number of methoxy groups -OCH3 is 1. The van der Waals surface area contributed by atoms with Crippen LogP contribution in [-0.2, 0) is 4.74 Å². The van der Waals surface area contributed by atoms with Gasteiger partial charge < -0.3 is 10.1 Å². The van der Waals surface area contributed by atoms with E-state index in [1.807, 2.05) is 23.8 Å². The lowest BCUT2D eigenvalue weighted by Gasteiger charge is -2.18. The van der Waals surface area contributed by atoms with E-state index in [9.17, 15) is 0 Å². The van der Waals surface area contributed by atoms with Crippen LogP contribution in [0.3, 0.4) is 0 Å². The Morgan fingerprint density at radius 3 is 2.90 bits per heavy atom. The zero-order chi connectivity index (χ0) is 14.5. The molecule has 1 N–H and O–H groups in total. The normalized spacial score (nSPS) is 12.6. The highest BCUT2D eigenvalue weighted by molar-refractivity contribution is 7.09. The number of fused-ring (bicyclic) bond motifs is 1. The maximum Gasteiger partial charge on any atom is 0.114 e.